The van der Waals surface area contributed by atoms with E-state index >= 15 is 0 Å². The molecule has 0 unspecified atom stereocenters. The topological polar surface area (TPSA) is 17.1 Å². The summed E-state index contributed by atoms with van der Waals surface area (Å²) >= 11 is 1.63. The van der Waals surface area contributed by atoms with Gasteiger partial charge in [0.05, 0.1) is 0 Å². The number of aldehydes is 1. The van der Waals surface area contributed by atoms with Gasteiger partial charge in [0.2, 0.25) is 0 Å². The van der Waals surface area contributed by atoms with E-state index in [4.69, 9.17) is 0 Å². The fourth-order valence-electron chi connectivity index (χ4n) is 1.72. The molecule has 0 amide bonds. The first kappa shape index (κ1) is 12.9. The SMILES string of the molecule is CC(C)c1ccc(Sc2ccccc2C=O)cc1. The molecule has 0 fully saturated rings. The maximum Gasteiger partial charge on any atom is 0.151 e. The molecule has 0 heterocycles. The maximum atomic E-state index is 10.9. The van der Waals surface area contributed by atoms with Gasteiger partial charge in [-0.25, -0.2) is 0 Å². The van der Waals surface area contributed by atoms with Crippen molar-refractivity contribution in [1.82, 2.24) is 0 Å². The zero-order valence-corrected chi connectivity index (χ0v) is 11.4. The minimum absolute atomic E-state index is 0.548. The quantitative estimate of drug-likeness (QED) is 0.733. The van der Waals surface area contributed by atoms with Crippen LogP contribution in [0.25, 0.3) is 0 Å². The molecule has 2 rings (SSSR count). The Morgan fingerprint density at radius 3 is 2.28 bits per heavy atom. The van der Waals surface area contributed by atoms with Gasteiger partial charge in [0, 0.05) is 15.4 Å². The van der Waals surface area contributed by atoms with E-state index in [0.717, 1.165) is 21.6 Å². The minimum atomic E-state index is 0.548. The highest BCUT2D eigenvalue weighted by Crippen LogP contribution is 2.30. The third-order valence-electron chi connectivity index (χ3n) is 2.82. The van der Waals surface area contributed by atoms with Crippen molar-refractivity contribution in [3.63, 3.8) is 0 Å². The zero-order valence-electron chi connectivity index (χ0n) is 10.6. The van der Waals surface area contributed by atoms with Gasteiger partial charge in [-0.1, -0.05) is 55.9 Å². The Kier molecular flexibility index (Phi) is 4.21. The predicted octanol–water partition coefficient (Wildman–Crippen LogP) is 4.77. The summed E-state index contributed by atoms with van der Waals surface area (Å²) in [5, 5.41) is 0. The molecule has 18 heavy (non-hydrogen) atoms. The van der Waals surface area contributed by atoms with Crippen LogP contribution in [-0.4, -0.2) is 6.29 Å². The Bertz CT molecular complexity index is 529. The van der Waals surface area contributed by atoms with Crippen LogP contribution in [0.15, 0.2) is 58.3 Å². The summed E-state index contributed by atoms with van der Waals surface area (Å²) in [4.78, 5) is 13.1. The molecule has 0 N–H and O–H groups in total. The van der Waals surface area contributed by atoms with Gasteiger partial charge >= 0.3 is 0 Å². The highest BCUT2D eigenvalue weighted by Gasteiger charge is 2.04. The van der Waals surface area contributed by atoms with Crippen molar-refractivity contribution >= 4 is 18.0 Å². The summed E-state index contributed by atoms with van der Waals surface area (Å²) in [5.74, 6) is 0.548. The van der Waals surface area contributed by atoms with Crippen LogP contribution < -0.4 is 0 Å². The van der Waals surface area contributed by atoms with Crippen molar-refractivity contribution in [2.75, 3.05) is 0 Å². The van der Waals surface area contributed by atoms with E-state index in [0.29, 0.717) is 5.92 Å². The van der Waals surface area contributed by atoms with Crippen LogP contribution >= 0.6 is 11.8 Å². The molecular weight excluding hydrogens is 240 g/mol. The summed E-state index contributed by atoms with van der Waals surface area (Å²) in [6.45, 7) is 4.37. The minimum Gasteiger partial charge on any atom is -0.298 e. The van der Waals surface area contributed by atoms with Gasteiger partial charge in [-0.05, 0) is 29.7 Å². The van der Waals surface area contributed by atoms with Crippen LogP contribution in [0.1, 0.15) is 35.7 Å². The van der Waals surface area contributed by atoms with E-state index in [1.165, 1.54) is 5.56 Å². The smallest absolute Gasteiger partial charge is 0.151 e. The summed E-state index contributed by atoms with van der Waals surface area (Å²) in [6, 6.07) is 16.2. The van der Waals surface area contributed by atoms with Crippen LogP contribution in [0.4, 0.5) is 0 Å². The Balaban J connectivity index is 2.21. The molecule has 0 aliphatic carbocycles. The zero-order chi connectivity index (χ0) is 13.0. The van der Waals surface area contributed by atoms with Crippen molar-refractivity contribution in [2.24, 2.45) is 0 Å². The molecule has 0 bridgehead atoms. The highest BCUT2D eigenvalue weighted by atomic mass is 32.2. The molecule has 0 radical (unpaired) electrons. The van der Waals surface area contributed by atoms with E-state index in [9.17, 15) is 4.79 Å². The van der Waals surface area contributed by atoms with Gasteiger partial charge in [0.25, 0.3) is 0 Å². The third-order valence-corrected chi connectivity index (χ3v) is 3.92. The molecule has 92 valence electrons. The Morgan fingerprint density at radius 1 is 1.00 bits per heavy atom. The highest BCUT2D eigenvalue weighted by molar-refractivity contribution is 7.99. The molecule has 0 saturated heterocycles. The van der Waals surface area contributed by atoms with Gasteiger partial charge in [-0.2, -0.15) is 0 Å². The van der Waals surface area contributed by atoms with Crippen LogP contribution in [-0.2, 0) is 0 Å². The molecule has 1 nitrogen and oxygen atoms in total. The van der Waals surface area contributed by atoms with E-state index < -0.39 is 0 Å². The number of hydrogen-bond acceptors (Lipinski definition) is 2. The van der Waals surface area contributed by atoms with Crippen molar-refractivity contribution in [2.45, 2.75) is 29.6 Å². The second kappa shape index (κ2) is 5.87. The second-order valence-corrected chi connectivity index (χ2v) is 5.60. The van der Waals surface area contributed by atoms with Gasteiger partial charge in [-0.15, -0.1) is 0 Å². The first-order chi connectivity index (χ1) is 8.70. The fraction of sp³-hybridized carbons (Fsp3) is 0.188. The fourth-order valence-corrected chi connectivity index (χ4v) is 2.63. The van der Waals surface area contributed by atoms with E-state index in [1.54, 1.807) is 11.8 Å². The summed E-state index contributed by atoms with van der Waals surface area (Å²) in [7, 11) is 0. The van der Waals surface area contributed by atoms with E-state index in [-0.39, 0.29) is 0 Å². The molecule has 0 aliphatic rings. The van der Waals surface area contributed by atoms with Gasteiger partial charge in [0.15, 0.2) is 6.29 Å². The Hall–Kier alpha value is -1.54. The first-order valence-corrected chi connectivity index (χ1v) is 6.84. The van der Waals surface area contributed by atoms with Crippen LogP contribution in [0.3, 0.4) is 0 Å². The maximum absolute atomic E-state index is 10.9. The lowest BCUT2D eigenvalue weighted by molar-refractivity contribution is 0.112. The van der Waals surface area contributed by atoms with Crippen molar-refractivity contribution < 1.29 is 4.79 Å². The molecule has 0 spiro atoms. The number of carbonyl (C=O) groups excluding carboxylic acids is 1. The van der Waals surface area contributed by atoms with E-state index in [1.807, 2.05) is 24.3 Å². The summed E-state index contributed by atoms with van der Waals surface area (Å²) in [6.07, 6.45) is 0.908. The average Bonchev–Trinajstić information content (AvgIpc) is 2.40. The molecular formula is C16H16OS. The Labute approximate surface area is 112 Å². The van der Waals surface area contributed by atoms with Crippen molar-refractivity contribution in [1.29, 1.82) is 0 Å². The second-order valence-electron chi connectivity index (χ2n) is 4.48. The van der Waals surface area contributed by atoms with Crippen LogP contribution in [0, 0.1) is 0 Å². The van der Waals surface area contributed by atoms with Gasteiger partial charge in [0.1, 0.15) is 0 Å². The first-order valence-electron chi connectivity index (χ1n) is 6.02. The molecule has 0 aliphatic heterocycles. The third kappa shape index (κ3) is 3.02. The van der Waals surface area contributed by atoms with Crippen molar-refractivity contribution in [3.8, 4) is 0 Å². The predicted molar refractivity (Wildman–Crippen MR) is 76.5 cm³/mol. The van der Waals surface area contributed by atoms with Gasteiger partial charge < -0.3 is 0 Å². The largest absolute Gasteiger partial charge is 0.298 e. The normalized spacial score (nSPS) is 10.6. The Morgan fingerprint density at radius 2 is 1.67 bits per heavy atom. The molecule has 2 heteroatoms. The van der Waals surface area contributed by atoms with Crippen LogP contribution in [0.2, 0.25) is 0 Å². The number of rotatable bonds is 4. The lowest BCUT2D eigenvalue weighted by atomic mass is 10.0. The molecule has 0 atom stereocenters. The van der Waals surface area contributed by atoms with Gasteiger partial charge in [-0.3, -0.25) is 4.79 Å². The number of carbonyl (C=O) groups is 1. The lowest BCUT2D eigenvalue weighted by Crippen LogP contribution is -1.87. The monoisotopic (exact) mass is 256 g/mol. The standard InChI is InChI=1S/C16H16OS/c1-12(2)13-7-9-15(10-8-13)18-16-6-4-3-5-14(16)11-17/h3-12H,1-2H3. The van der Waals surface area contributed by atoms with Crippen LogP contribution in [0.5, 0.6) is 0 Å². The molecule has 0 aromatic heterocycles. The lowest BCUT2D eigenvalue weighted by Gasteiger charge is -2.07. The molecule has 0 saturated carbocycles. The number of benzene rings is 2. The summed E-state index contributed by atoms with van der Waals surface area (Å²) < 4.78 is 0. The summed E-state index contributed by atoms with van der Waals surface area (Å²) in [5.41, 5.74) is 2.08. The average molecular weight is 256 g/mol. The van der Waals surface area contributed by atoms with Crippen molar-refractivity contribution in [3.05, 3.63) is 59.7 Å². The van der Waals surface area contributed by atoms with E-state index in [2.05, 4.69) is 38.1 Å². The molecule has 2 aromatic rings. The molecule has 2 aromatic carbocycles. The number of hydrogen-bond donors (Lipinski definition) is 0.